The Morgan fingerprint density at radius 2 is 2.33 bits per heavy atom. The molecule has 0 bridgehead atoms. The van der Waals surface area contributed by atoms with Crippen molar-refractivity contribution in [3.05, 3.63) is 21.9 Å². The smallest absolute Gasteiger partial charge is 0.332 e. The van der Waals surface area contributed by atoms with Gasteiger partial charge >= 0.3 is 5.97 Å². The summed E-state index contributed by atoms with van der Waals surface area (Å²) in [7, 11) is 0. The first kappa shape index (κ1) is 14.9. The number of nitrogens with one attached hydrogen (secondary N) is 1. The molecule has 1 aromatic heterocycles. The van der Waals surface area contributed by atoms with Crippen molar-refractivity contribution in [2.75, 3.05) is 11.9 Å². The summed E-state index contributed by atoms with van der Waals surface area (Å²) in [6.07, 6.45) is 1.35. The van der Waals surface area contributed by atoms with Gasteiger partial charge in [0.1, 0.15) is 5.15 Å². The molecule has 0 fully saturated rings. The highest BCUT2D eigenvalue weighted by Crippen LogP contribution is 2.22. The number of carbonyl (C=O) groups excluding carboxylic acids is 2. The average Bonchev–Trinajstić information content (AvgIpc) is 2.33. The van der Waals surface area contributed by atoms with Crippen molar-refractivity contribution in [1.29, 1.82) is 0 Å². The molecule has 3 N–H and O–H groups in total. The van der Waals surface area contributed by atoms with Gasteiger partial charge in [0.15, 0.2) is 6.04 Å². The molecule has 1 heterocycles. The Morgan fingerprint density at radius 1 is 1.67 bits per heavy atom. The van der Waals surface area contributed by atoms with Gasteiger partial charge in [-0.2, -0.15) is 0 Å². The molecule has 0 aromatic carbocycles. The van der Waals surface area contributed by atoms with Crippen molar-refractivity contribution < 1.29 is 14.3 Å². The molecule has 98 valence electrons. The van der Waals surface area contributed by atoms with Crippen LogP contribution in [0.25, 0.3) is 0 Å². The lowest BCUT2D eigenvalue weighted by Crippen LogP contribution is -2.43. The van der Waals surface area contributed by atoms with Crippen LogP contribution in [0.4, 0.5) is 5.69 Å². The lowest BCUT2D eigenvalue weighted by atomic mass is 10.3. The Hall–Kier alpha value is -1.18. The average molecular weight is 337 g/mol. The molecule has 0 spiro atoms. The van der Waals surface area contributed by atoms with Crippen LogP contribution in [-0.2, 0) is 14.3 Å². The molecule has 0 aliphatic rings. The van der Waals surface area contributed by atoms with Crippen molar-refractivity contribution in [1.82, 2.24) is 4.98 Å². The monoisotopic (exact) mass is 335 g/mol. The molecule has 1 atom stereocenters. The highest BCUT2D eigenvalue weighted by Gasteiger charge is 2.23. The molecule has 6 nitrogen and oxygen atoms in total. The molecule has 1 unspecified atom stereocenters. The zero-order chi connectivity index (χ0) is 13.7. The number of carbonyl (C=O) groups is 2. The van der Waals surface area contributed by atoms with Crippen molar-refractivity contribution in [2.45, 2.75) is 13.0 Å². The highest BCUT2D eigenvalue weighted by molar-refractivity contribution is 9.10. The van der Waals surface area contributed by atoms with E-state index in [-0.39, 0.29) is 11.8 Å². The molecule has 0 radical (unpaired) electrons. The van der Waals surface area contributed by atoms with Crippen LogP contribution in [0.1, 0.15) is 6.92 Å². The van der Waals surface area contributed by atoms with E-state index in [0.717, 1.165) is 0 Å². The molecule has 0 saturated carbocycles. The second-order valence-corrected chi connectivity index (χ2v) is 4.43. The number of anilines is 1. The summed E-state index contributed by atoms with van der Waals surface area (Å²) in [6.45, 7) is 1.79. The van der Waals surface area contributed by atoms with Gasteiger partial charge in [0.2, 0.25) is 0 Å². The fraction of sp³-hybridized carbons (Fsp3) is 0.300. The molecule has 0 aliphatic heterocycles. The summed E-state index contributed by atoms with van der Waals surface area (Å²) in [5.41, 5.74) is 5.79. The molecule has 1 aromatic rings. The molecule has 0 saturated heterocycles. The van der Waals surface area contributed by atoms with Gasteiger partial charge in [-0.25, -0.2) is 9.78 Å². The van der Waals surface area contributed by atoms with E-state index in [9.17, 15) is 9.59 Å². The topological polar surface area (TPSA) is 94.3 Å². The molecule has 8 heteroatoms. The number of pyridine rings is 1. The fourth-order valence-corrected chi connectivity index (χ4v) is 1.50. The Labute approximate surface area is 117 Å². The van der Waals surface area contributed by atoms with Crippen LogP contribution in [0.15, 0.2) is 16.7 Å². The van der Waals surface area contributed by atoms with Crippen LogP contribution in [0.5, 0.6) is 0 Å². The largest absolute Gasteiger partial charge is 0.464 e. The van der Waals surface area contributed by atoms with Crippen LogP contribution in [0, 0.1) is 0 Å². The Balaban J connectivity index is 2.69. The maximum Gasteiger partial charge on any atom is 0.332 e. The lowest BCUT2D eigenvalue weighted by Gasteiger charge is -2.11. The van der Waals surface area contributed by atoms with Gasteiger partial charge in [0, 0.05) is 0 Å². The van der Waals surface area contributed by atoms with Gasteiger partial charge < -0.3 is 15.8 Å². The summed E-state index contributed by atoms with van der Waals surface area (Å²) in [4.78, 5) is 26.7. The molecular weight excluding hydrogens is 325 g/mol. The third-order valence-corrected chi connectivity index (χ3v) is 3.02. The van der Waals surface area contributed by atoms with Crippen molar-refractivity contribution >= 4 is 45.1 Å². The second kappa shape index (κ2) is 6.67. The van der Waals surface area contributed by atoms with Crippen LogP contribution < -0.4 is 11.1 Å². The van der Waals surface area contributed by atoms with Gasteiger partial charge in [-0.3, -0.25) is 4.79 Å². The summed E-state index contributed by atoms with van der Waals surface area (Å²) < 4.78 is 5.15. The standard InChI is InChI=1S/C10H11BrClN3O3/c1-2-18-10(17)7(13)9(16)15-5-3-6(11)8(12)14-4-5/h3-4,7H,2,13H2,1H3,(H,15,16). The van der Waals surface area contributed by atoms with Crippen LogP contribution >= 0.6 is 27.5 Å². The third kappa shape index (κ3) is 3.94. The summed E-state index contributed by atoms with van der Waals surface area (Å²) in [6, 6.07) is 0.171. The Bertz CT molecular complexity index is 470. The quantitative estimate of drug-likeness (QED) is 0.491. The summed E-state index contributed by atoms with van der Waals surface area (Å²) >= 11 is 8.86. The van der Waals surface area contributed by atoms with Crippen LogP contribution in [0.3, 0.4) is 0 Å². The number of ether oxygens (including phenoxy) is 1. The first-order chi connectivity index (χ1) is 8.45. The zero-order valence-electron chi connectivity index (χ0n) is 9.44. The van der Waals surface area contributed by atoms with Crippen molar-refractivity contribution in [3.63, 3.8) is 0 Å². The van der Waals surface area contributed by atoms with Crippen LogP contribution in [0.2, 0.25) is 5.15 Å². The number of nitrogens with two attached hydrogens (primary N) is 1. The lowest BCUT2D eigenvalue weighted by molar-refractivity contribution is -0.146. The predicted octanol–water partition coefficient (Wildman–Crippen LogP) is 1.33. The molecule has 1 amide bonds. The zero-order valence-corrected chi connectivity index (χ0v) is 11.8. The Morgan fingerprint density at radius 3 is 2.89 bits per heavy atom. The third-order valence-electron chi connectivity index (χ3n) is 1.89. The molecule has 0 aliphatic carbocycles. The van der Waals surface area contributed by atoms with E-state index >= 15 is 0 Å². The fourth-order valence-electron chi connectivity index (χ4n) is 1.05. The number of esters is 1. The van der Waals surface area contributed by atoms with Crippen LogP contribution in [-0.4, -0.2) is 29.5 Å². The van der Waals surface area contributed by atoms with Gasteiger partial charge in [-0.15, -0.1) is 0 Å². The molecule has 1 rings (SSSR count). The number of amides is 1. The number of hydrogen-bond acceptors (Lipinski definition) is 5. The minimum atomic E-state index is -1.38. The second-order valence-electron chi connectivity index (χ2n) is 3.22. The summed E-state index contributed by atoms with van der Waals surface area (Å²) in [5.74, 6) is -1.46. The number of nitrogens with zero attached hydrogens (tertiary/aromatic N) is 1. The predicted molar refractivity (Wildman–Crippen MR) is 70.2 cm³/mol. The number of rotatable bonds is 4. The normalized spacial score (nSPS) is 11.8. The number of aromatic nitrogens is 1. The SMILES string of the molecule is CCOC(=O)C(N)C(=O)Nc1cnc(Cl)c(Br)c1. The summed E-state index contributed by atoms with van der Waals surface area (Å²) in [5, 5.41) is 2.70. The van der Waals surface area contributed by atoms with E-state index in [1.165, 1.54) is 6.20 Å². The van der Waals surface area contributed by atoms with E-state index in [1.807, 2.05) is 0 Å². The first-order valence-electron chi connectivity index (χ1n) is 4.99. The first-order valence-corrected chi connectivity index (χ1v) is 6.17. The van der Waals surface area contributed by atoms with Gasteiger partial charge in [0.25, 0.3) is 5.91 Å². The molecular formula is C10H11BrClN3O3. The maximum absolute atomic E-state index is 11.6. The maximum atomic E-state index is 11.6. The van der Waals surface area contributed by atoms with Crippen molar-refractivity contribution in [3.8, 4) is 0 Å². The highest BCUT2D eigenvalue weighted by atomic mass is 79.9. The van der Waals surface area contributed by atoms with E-state index < -0.39 is 17.9 Å². The Kier molecular flexibility index (Phi) is 5.52. The van der Waals surface area contributed by atoms with Gasteiger partial charge in [0.05, 0.1) is 23.0 Å². The number of halogens is 2. The van der Waals surface area contributed by atoms with E-state index in [1.54, 1.807) is 13.0 Å². The van der Waals surface area contributed by atoms with Gasteiger partial charge in [-0.1, -0.05) is 11.6 Å². The number of hydrogen-bond donors (Lipinski definition) is 2. The molecule has 18 heavy (non-hydrogen) atoms. The van der Waals surface area contributed by atoms with Crippen molar-refractivity contribution in [2.24, 2.45) is 5.73 Å². The van der Waals surface area contributed by atoms with E-state index in [4.69, 9.17) is 17.3 Å². The minimum Gasteiger partial charge on any atom is -0.464 e. The van der Waals surface area contributed by atoms with E-state index in [0.29, 0.717) is 10.2 Å². The van der Waals surface area contributed by atoms with E-state index in [2.05, 4.69) is 31.0 Å². The van der Waals surface area contributed by atoms with Gasteiger partial charge in [-0.05, 0) is 28.9 Å². The minimum absolute atomic E-state index is 0.161.